The lowest BCUT2D eigenvalue weighted by molar-refractivity contribution is -0.380. The summed E-state index contributed by atoms with van der Waals surface area (Å²) in [6.45, 7) is 0.961. The summed E-state index contributed by atoms with van der Waals surface area (Å²) in [7, 11) is 0. The van der Waals surface area contributed by atoms with Crippen LogP contribution in [0.1, 0.15) is 25.7 Å². The highest BCUT2D eigenvalue weighted by Gasteiger charge is 2.37. The Morgan fingerprint density at radius 2 is 2.27 bits per heavy atom. The Kier molecular flexibility index (Phi) is 4.25. The minimum atomic E-state index is -0.785. The van der Waals surface area contributed by atoms with Gasteiger partial charge in [-0.1, -0.05) is 0 Å². The van der Waals surface area contributed by atoms with Gasteiger partial charge < -0.3 is 10.4 Å². The van der Waals surface area contributed by atoms with Crippen molar-refractivity contribution in [2.45, 2.75) is 37.8 Å². The Bertz CT molecular complexity index is 568. The molecule has 2 fully saturated rings. The van der Waals surface area contributed by atoms with Gasteiger partial charge in [0.2, 0.25) is 0 Å². The number of carbonyl (C=O) groups is 1. The van der Waals surface area contributed by atoms with Crippen molar-refractivity contribution in [3.05, 3.63) is 16.3 Å². The maximum Gasteiger partial charge on any atom is 0.345 e. The maximum absolute atomic E-state index is 11.0. The van der Waals surface area contributed by atoms with Crippen molar-refractivity contribution in [1.82, 2.24) is 9.88 Å². The summed E-state index contributed by atoms with van der Waals surface area (Å²) in [6.07, 6.45) is 5.37. The molecule has 2 aliphatic rings. The highest BCUT2D eigenvalue weighted by atomic mass is 32.1. The molecule has 0 radical (unpaired) electrons. The first kappa shape index (κ1) is 15.2. The zero-order valence-corrected chi connectivity index (χ0v) is 12.8. The Labute approximate surface area is 131 Å². The second-order valence-electron chi connectivity index (χ2n) is 5.99. The van der Waals surface area contributed by atoms with Crippen LogP contribution in [0, 0.1) is 16.0 Å². The third-order valence-electron chi connectivity index (χ3n) is 4.16. The van der Waals surface area contributed by atoms with Crippen LogP contribution in [0.25, 0.3) is 0 Å². The number of aromatic nitrogens is 1. The molecule has 22 heavy (non-hydrogen) atoms. The number of hydrogen-bond acceptors (Lipinski definition) is 7. The second kappa shape index (κ2) is 6.17. The van der Waals surface area contributed by atoms with Gasteiger partial charge in [0.15, 0.2) is 5.13 Å². The summed E-state index contributed by atoms with van der Waals surface area (Å²) in [6, 6.07) is 0.496. The van der Waals surface area contributed by atoms with Crippen LogP contribution in [0.15, 0.2) is 6.20 Å². The SMILES string of the molecule is O=C(O)CN(CC1CC1)C1CC(Nc2ncc([N+](=O)[O-])s2)C1. The summed E-state index contributed by atoms with van der Waals surface area (Å²) in [5.41, 5.74) is 0. The molecule has 1 aromatic heterocycles. The molecule has 8 nitrogen and oxygen atoms in total. The molecule has 2 N–H and O–H groups in total. The highest BCUT2D eigenvalue weighted by molar-refractivity contribution is 7.18. The Morgan fingerprint density at radius 1 is 1.55 bits per heavy atom. The maximum atomic E-state index is 11.0. The molecule has 0 aliphatic heterocycles. The number of aliphatic carboxylic acids is 1. The molecule has 0 saturated heterocycles. The van der Waals surface area contributed by atoms with Gasteiger partial charge in [0.05, 0.1) is 11.5 Å². The van der Waals surface area contributed by atoms with Crippen LogP contribution in [0.5, 0.6) is 0 Å². The highest BCUT2D eigenvalue weighted by Crippen LogP contribution is 2.35. The molecule has 1 heterocycles. The van der Waals surface area contributed by atoms with Crippen molar-refractivity contribution in [2.24, 2.45) is 5.92 Å². The van der Waals surface area contributed by atoms with E-state index in [1.165, 1.54) is 19.0 Å². The summed E-state index contributed by atoms with van der Waals surface area (Å²) in [5.74, 6) is -0.124. The number of carboxylic acids is 1. The molecule has 0 amide bonds. The first-order valence-electron chi connectivity index (χ1n) is 7.34. The topological polar surface area (TPSA) is 109 Å². The van der Waals surface area contributed by atoms with Crippen molar-refractivity contribution in [3.63, 3.8) is 0 Å². The van der Waals surface area contributed by atoms with Gasteiger partial charge in [-0.2, -0.15) is 0 Å². The number of nitrogens with one attached hydrogen (secondary N) is 1. The predicted octanol–water partition coefficient (Wildman–Crippen LogP) is 1.79. The van der Waals surface area contributed by atoms with E-state index in [1.54, 1.807) is 0 Å². The monoisotopic (exact) mass is 326 g/mol. The molecule has 0 bridgehead atoms. The number of anilines is 1. The number of nitro groups is 1. The third-order valence-corrected chi connectivity index (χ3v) is 5.04. The van der Waals surface area contributed by atoms with Crippen molar-refractivity contribution in [3.8, 4) is 0 Å². The number of thiazole rings is 1. The number of nitrogens with zero attached hydrogens (tertiary/aromatic N) is 3. The quantitative estimate of drug-likeness (QED) is 0.553. The molecule has 9 heteroatoms. The Balaban J connectivity index is 1.48. The van der Waals surface area contributed by atoms with Crippen LogP contribution in [0.3, 0.4) is 0 Å². The Morgan fingerprint density at radius 3 is 2.82 bits per heavy atom. The van der Waals surface area contributed by atoms with Crippen molar-refractivity contribution < 1.29 is 14.8 Å². The molecule has 0 aromatic carbocycles. The average Bonchev–Trinajstić information content (AvgIpc) is 3.07. The second-order valence-corrected chi connectivity index (χ2v) is 7.00. The van der Waals surface area contributed by atoms with Crippen molar-refractivity contribution >= 4 is 27.4 Å². The van der Waals surface area contributed by atoms with E-state index in [0.717, 1.165) is 30.7 Å². The molecule has 120 valence electrons. The van der Waals surface area contributed by atoms with Gasteiger partial charge in [0.25, 0.3) is 0 Å². The van der Waals surface area contributed by atoms with E-state index in [2.05, 4.69) is 15.2 Å². The predicted molar refractivity (Wildman–Crippen MR) is 81.1 cm³/mol. The van der Waals surface area contributed by atoms with Gasteiger partial charge in [0, 0.05) is 18.6 Å². The van der Waals surface area contributed by atoms with Crippen molar-refractivity contribution in [2.75, 3.05) is 18.4 Å². The number of rotatable bonds is 8. The van der Waals surface area contributed by atoms with E-state index >= 15 is 0 Å². The zero-order valence-electron chi connectivity index (χ0n) is 12.0. The van der Waals surface area contributed by atoms with E-state index in [1.807, 2.05) is 0 Å². The van der Waals surface area contributed by atoms with Crippen LogP contribution in [-0.2, 0) is 4.79 Å². The first-order chi connectivity index (χ1) is 10.5. The zero-order chi connectivity index (χ0) is 15.7. The van der Waals surface area contributed by atoms with E-state index in [4.69, 9.17) is 5.11 Å². The van der Waals surface area contributed by atoms with Gasteiger partial charge in [-0.25, -0.2) is 4.98 Å². The van der Waals surface area contributed by atoms with Crippen LogP contribution < -0.4 is 5.32 Å². The average molecular weight is 326 g/mol. The Hall–Kier alpha value is -1.74. The van der Waals surface area contributed by atoms with Crippen molar-refractivity contribution in [1.29, 1.82) is 0 Å². The molecule has 2 aliphatic carbocycles. The van der Waals surface area contributed by atoms with Gasteiger partial charge in [-0.15, -0.1) is 0 Å². The molecule has 0 spiro atoms. The number of carboxylic acid groups (broad SMARTS) is 1. The van der Waals surface area contributed by atoms with E-state index in [9.17, 15) is 14.9 Å². The lowest BCUT2D eigenvalue weighted by atomic mass is 9.85. The minimum absolute atomic E-state index is 0.0274. The smallest absolute Gasteiger partial charge is 0.345 e. The lowest BCUT2D eigenvalue weighted by Gasteiger charge is -2.42. The van der Waals surface area contributed by atoms with Gasteiger partial charge >= 0.3 is 11.0 Å². The fraction of sp³-hybridized carbons (Fsp3) is 0.692. The first-order valence-corrected chi connectivity index (χ1v) is 8.15. The van der Waals surface area contributed by atoms with Crippen LogP contribution in [-0.4, -0.2) is 51.1 Å². The molecule has 1 aromatic rings. The molecule has 3 rings (SSSR count). The summed E-state index contributed by atoms with van der Waals surface area (Å²) >= 11 is 1.03. The largest absolute Gasteiger partial charge is 0.480 e. The molecule has 2 saturated carbocycles. The summed E-state index contributed by atoms with van der Waals surface area (Å²) in [5, 5.41) is 23.4. The summed E-state index contributed by atoms with van der Waals surface area (Å²) in [4.78, 5) is 27.2. The molecular formula is C13H18N4O4S. The minimum Gasteiger partial charge on any atom is -0.480 e. The third kappa shape index (κ3) is 3.72. The summed E-state index contributed by atoms with van der Waals surface area (Å²) < 4.78 is 0. The normalized spacial score (nSPS) is 24.0. The van der Waals surface area contributed by atoms with Crippen LogP contribution in [0.2, 0.25) is 0 Å². The van der Waals surface area contributed by atoms with Gasteiger partial charge in [-0.3, -0.25) is 19.8 Å². The van der Waals surface area contributed by atoms with Crippen LogP contribution >= 0.6 is 11.3 Å². The molecule has 0 unspecified atom stereocenters. The van der Waals surface area contributed by atoms with Gasteiger partial charge in [-0.05, 0) is 42.9 Å². The van der Waals surface area contributed by atoms with E-state index in [0.29, 0.717) is 11.0 Å². The molecular weight excluding hydrogens is 308 g/mol. The fourth-order valence-corrected chi connectivity index (χ4v) is 3.45. The van der Waals surface area contributed by atoms with E-state index < -0.39 is 10.9 Å². The van der Waals surface area contributed by atoms with Crippen LogP contribution in [0.4, 0.5) is 10.1 Å². The lowest BCUT2D eigenvalue weighted by Crippen LogP contribution is -2.52. The molecule has 0 atom stereocenters. The van der Waals surface area contributed by atoms with Gasteiger partial charge in [0.1, 0.15) is 6.20 Å². The standard InChI is InChI=1S/C13H18N4O4S/c18-12(19)7-16(6-8-1-2-8)10-3-9(4-10)15-13-14-5-11(22-13)17(20)21/h5,8-10H,1-4,6-7H2,(H,14,15)(H,18,19). The fourth-order valence-electron chi connectivity index (χ4n) is 2.74. The number of hydrogen-bond donors (Lipinski definition) is 2. The van der Waals surface area contributed by atoms with E-state index in [-0.39, 0.29) is 23.6 Å².